The summed E-state index contributed by atoms with van der Waals surface area (Å²) in [7, 11) is 0. The average Bonchev–Trinajstić information content (AvgIpc) is 2.57. The SMILES string of the molecule is Cc1ccc(C(=O)Nc2cccc(Oc3ncccn3)c2)cc1. The summed E-state index contributed by atoms with van der Waals surface area (Å²) >= 11 is 0. The van der Waals surface area contributed by atoms with Crippen LogP contribution in [-0.2, 0) is 0 Å². The molecule has 0 saturated heterocycles. The van der Waals surface area contributed by atoms with Crippen LogP contribution in [0.15, 0.2) is 67.0 Å². The molecule has 0 fully saturated rings. The maximum Gasteiger partial charge on any atom is 0.321 e. The molecule has 0 atom stereocenters. The van der Waals surface area contributed by atoms with Crippen molar-refractivity contribution in [2.24, 2.45) is 0 Å². The molecule has 0 aliphatic carbocycles. The number of ether oxygens (including phenoxy) is 1. The van der Waals surface area contributed by atoms with E-state index in [-0.39, 0.29) is 11.9 Å². The topological polar surface area (TPSA) is 64.1 Å². The molecule has 0 radical (unpaired) electrons. The lowest BCUT2D eigenvalue weighted by atomic mass is 10.1. The third-order valence-corrected chi connectivity index (χ3v) is 3.16. The highest BCUT2D eigenvalue weighted by molar-refractivity contribution is 6.04. The van der Waals surface area contributed by atoms with Gasteiger partial charge in [0, 0.05) is 29.7 Å². The zero-order valence-electron chi connectivity index (χ0n) is 12.6. The number of aromatic nitrogens is 2. The van der Waals surface area contributed by atoms with Crippen molar-refractivity contribution in [1.29, 1.82) is 0 Å². The van der Waals surface area contributed by atoms with Crippen LogP contribution < -0.4 is 10.1 Å². The molecular formula is C18H15N3O2. The van der Waals surface area contributed by atoms with Crippen LogP contribution in [-0.4, -0.2) is 15.9 Å². The van der Waals surface area contributed by atoms with Gasteiger partial charge in [0.1, 0.15) is 5.75 Å². The van der Waals surface area contributed by atoms with E-state index in [1.807, 2.05) is 19.1 Å². The molecule has 0 aliphatic heterocycles. The van der Waals surface area contributed by atoms with E-state index in [9.17, 15) is 4.79 Å². The maximum absolute atomic E-state index is 12.2. The van der Waals surface area contributed by atoms with Crippen LogP contribution in [0.4, 0.5) is 5.69 Å². The molecule has 2 aromatic carbocycles. The molecule has 114 valence electrons. The van der Waals surface area contributed by atoms with Gasteiger partial charge in [0.05, 0.1) is 0 Å². The van der Waals surface area contributed by atoms with E-state index in [0.29, 0.717) is 17.0 Å². The number of hydrogen-bond acceptors (Lipinski definition) is 4. The zero-order valence-corrected chi connectivity index (χ0v) is 12.6. The molecule has 1 heterocycles. The summed E-state index contributed by atoms with van der Waals surface area (Å²) in [5.41, 5.74) is 2.36. The highest BCUT2D eigenvalue weighted by Gasteiger charge is 2.07. The van der Waals surface area contributed by atoms with Crippen LogP contribution in [0.3, 0.4) is 0 Å². The minimum atomic E-state index is -0.168. The lowest BCUT2D eigenvalue weighted by Gasteiger charge is -2.08. The number of rotatable bonds is 4. The Balaban J connectivity index is 1.72. The van der Waals surface area contributed by atoms with E-state index in [1.165, 1.54) is 0 Å². The van der Waals surface area contributed by atoms with Crippen LogP contribution in [0.5, 0.6) is 11.8 Å². The van der Waals surface area contributed by atoms with Crippen molar-refractivity contribution >= 4 is 11.6 Å². The highest BCUT2D eigenvalue weighted by Crippen LogP contribution is 2.21. The fourth-order valence-electron chi connectivity index (χ4n) is 1.99. The second kappa shape index (κ2) is 6.70. The van der Waals surface area contributed by atoms with Gasteiger partial charge < -0.3 is 10.1 Å². The Hall–Kier alpha value is -3.21. The standard InChI is InChI=1S/C18H15N3O2/c1-13-6-8-14(9-7-13)17(22)21-15-4-2-5-16(12-15)23-18-19-10-3-11-20-18/h2-12H,1H3,(H,21,22). The smallest absolute Gasteiger partial charge is 0.321 e. The quantitative estimate of drug-likeness (QED) is 0.795. The fraction of sp³-hybridized carbons (Fsp3) is 0.0556. The molecular weight excluding hydrogens is 290 g/mol. The first kappa shape index (κ1) is 14.7. The second-order valence-electron chi connectivity index (χ2n) is 4.98. The van der Waals surface area contributed by atoms with Crippen LogP contribution in [0.25, 0.3) is 0 Å². The number of benzene rings is 2. The van der Waals surface area contributed by atoms with Crippen molar-refractivity contribution in [3.8, 4) is 11.8 Å². The number of nitrogens with one attached hydrogen (secondary N) is 1. The molecule has 1 N–H and O–H groups in total. The monoisotopic (exact) mass is 305 g/mol. The van der Waals surface area contributed by atoms with Crippen molar-refractivity contribution < 1.29 is 9.53 Å². The minimum absolute atomic E-state index is 0.168. The Morgan fingerprint density at radius 3 is 2.48 bits per heavy atom. The summed E-state index contributed by atoms with van der Waals surface area (Å²) in [4.78, 5) is 20.2. The first-order valence-electron chi connectivity index (χ1n) is 7.14. The van der Waals surface area contributed by atoms with Gasteiger partial charge in [-0.2, -0.15) is 0 Å². The number of hydrogen-bond donors (Lipinski definition) is 1. The summed E-state index contributed by atoms with van der Waals surface area (Å²) in [6, 6.07) is 16.5. The summed E-state index contributed by atoms with van der Waals surface area (Å²) < 4.78 is 5.55. The molecule has 0 saturated carbocycles. The Morgan fingerprint density at radius 1 is 1.00 bits per heavy atom. The predicted molar refractivity (Wildman–Crippen MR) is 87.7 cm³/mol. The van der Waals surface area contributed by atoms with Crippen molar-refractivity contribution in [3.63, 3.8) is 0 Å². The largest absolute Gasteiger partial charge is 0.424 e. The van der Waals surface area contributed by atoms with Crippen molar-refractivity contribution in [1.82, 2.24) is 9.97 Å². The van der Waals surface area contributed by atoms with E-state index >= 15 is 0 Å². The highest BCUT2D eigenvalue weighted by atomic mass is 16.5. The van der Waals surface area contributed by atoms with Crippen LogP contribution in [0.1, 0.15) is 15.9 Å². The zero-order chi connectivity index (χ0) is 16.1. The molecule has 0 bridgehead atoms. The number of amides is 1. The lowest BCUT2D eigenvalue weighted by Crippen LogP contribution is -2.11. The molecule has 5 heteroatoms. The van der Waals surface area contributed by atoms with Gasteiger partial charge in [-0.1, -0.05) is 23.8 Å². The van der Waals surface area contributed by atoms with E-state index in [2.05, 4.69) is 15.3 Å². The number of anilines is 1. The van der Waals surface area contributed by atoms with Gasteiger partial charge in [0.2, 0.25) is 0 Å². The van der Waals surface area contributed by atoms with Crippen molar-refractivity contribution in [2.75, 3.05) is 5.32 Å². The van der Waals surface area contributed by atoms with E-state index in [0.717, 1.165) is 5.56 Å². The van der Waals surface area contributed by atoms with Gasteiger partial charge in [-0.15, -0.1) is 0 Å². The minimum Gasteiger partial charge on any atom is -0.424 e. The number of carbonyl (C=O) groups is 1. The summed E-state index contributed by atoms with van der Waals surface area (Å²) in [6.45, 7) is 1.98. The lowest BCUT2D eigenvalue weighted by molar-refractivity contribution is 0.102. The molecule has 1 amide bonds. The van der Waals surface area contributed by atoms with Crippen LogP contribution in [0.2, 0.25) is 0 Å². The van der Waals surface area contributed by atoms with Gasteiger partial charge in [0.15, 0.2) is 0 Å². The molecule has 1 aromatic heterocycles. The normalized spacial score (nSPS) is 10.1. The second-order valence-corrected chi connectivity index (χ2v) is 4.98. The average molecular weight is 305 g/mol. The Kier molecular flexibility index (Phi) is 4.29. The summed E-state index contributed by atoms with van der Waals surface area (Å²) in [5, 5.41) is 2.84. The van der Waals surface area contributed by atoms with E-state index in [4.69, 9.17) is 4.74 Å². The molecule has 3 aromatic rings. The van der Waals surface area contributed by atoms with Gasteiger partial charge in [-0.3, -0.25) is 4.79 Å². The number of aryl methyl sites for hydroxylation is 1. The Bertz CT molecular complexity index is 802. The van der Waals surface area contributed by atoms with E-state index < -0.39 is 0 Å². The number of nitrogens with zero attached hydrogens (tertiary/aromatic N) is 2. The third kappa shape index (κ3) is 3.91. The maximum atomic E-state index is 12.2. The van der Waals surface area contributed by atoms with Gasteiger partial charge in [-0.25, -0.2) is 9.97 Å². The Labute approximate surface area is 134 Å². The Morgan fingerprint density at radius 2 is 1.74 bits per heavy atom. The van der Waals surface area contributed by atoms with Crippen LogP contribution >= 0.6 is 0 Å². The van der Waals surface area contributed by atoms with Crippen molar-refractivity contribution in [2.45, 2.75) is 6.92 Å². The van der Waals surface area contributed by atoms with Crippen LogP contribution in [0, 0.1) is 6.92 Å². The molecule has 0 unspecified atom stereocenters. The molecule has 5 nitrogen and oxygen atoms in total. The first-order valence-corrected chi connectivity index (χ1v) is 7.14. The summed E-state index contributed by atoms with van der Waals surface area (Å²) in [6.07, 6.45) is 3.21. The van der Waals surface area contributed by atoms with E-state index in [1.54, 1.807) is 54.9 Å². The predicted octanol–water partition coefficient (Wildman–Crippen LogP) is 3.83. The molecule has 0 spiro atoms. The molecule has 0 aliphatic rings. The summed E-state index contributed by atoms with van der Waals surface area (Å²) in [5.74, 6) is 0.385. The third-order valence-electron chi connectivity index (χ3n) is 3.16. The van der Waals surface area contributed by atoms with Crippen molar-refractivity contribution in [3.05, 3.63) is 78.1 Å². The van der Waals surface area contributed by atoms with Gasteiger partial charge in [-0.05, 0) is 37.3 Å². The van der Waals surface area contributed by atoms with Gasteiger partial charge in [0.25, 0.3) is 5.91 Å². The number of carbonyl (C=O) groups excluding carboxylic acids is 1. The first-order chi connectivity index (χ1) is 11.2. The fourth-order valence-corrected chi connectivity index (χ4v) is 1.99. The molecule has 23 heavy (non-hydrogen) atoms. The molecule has 3 rings (SSSR count). The van der Waals surface area contributed by atoms with Gasteiger partial charge >= 0.3 is 6.01 Å².